The third-order valence-corrected chi connectivity index (χ3v) is 2.69. The van der Waals surface area contributed by atoms with Crippen LogP contribution in [-0.4, -0.2) is 42.1 Å². The van der Waals surface area contributed by atoms with Gasteiger partial charge in [0.25, 0.3) is 5.91 Å². The van der Waals surface area contributed by atoms with Gasteiger partial charge in [-0.15, -0.1) is 0 Å². The van der Waals surface area contributed by atoms with Crippen molar-refractivity contribution in [3.8, 4) is 5.75 Å². The van der Waals surface area contributed by atoms with Crippen LogP contribution in [0.15, 0.2) is 18.2 Å². The molecule has 0 heterocycles. The van der Waals surface area contributed by atoms with Crippen LogP contribution in [0.2, 0.25) is 0 Å². The summed E-state index contributed by atoms with van der Waals surface area (Å²) < 4.78 is 5.02. The second kappa shape index (κ2) is 6.79. The van der Waals surface area contributed by atoms with Gasteiger partial charge in [-0.05, 0) is 18.1 Å². The number of anilines is 1. The van der Waals surface area contributed by atoms with Crippen LogP contribution in [0.25, 0.3) is 0 Å². The van der Waals surface area contributed by atoms with Crippen molar-refractivity contribution < 1.29 is 19.4 Å². The van der Waals surface area contributed by atoms with E-state index in [1.807, 2.05) is 13.8 Å². The van der Waals surface area contributed by atoms with Crippen LogP contribution >= 0.6 is 0 Å². The Labute approximate surface area is 118 Å². The molecule has 0 aliphatic carbocycles. The molecule has 0 aliphatic rings. The molecule has 6 nitrogen and oxygen atoms in total. The van der Waals surface area contributed by atoms with E-state index in [0.29, 0.717) is 12.3 Å². The van der Waals surface area contributed by atoms with E-state index in [4.69, 9.17) is 15.6 Å². The lowest BCUT2D eigenvalue weighted by Gasteiger charge is -2.23. The number of carbonyl (C=O) groups is 2. The first-order valence-corrected chi connectivity index (χ1v) is 6.29. The van der Waals surface area contributed by atoms with Crippen molar-refractivity contribution in [2.75, 3.05) is 25.9 Å². The van der Waals surface area contributed by atoms with Crippen molar-refractivity contribution in [1.82, 2.24) is 4.90 Å². The Morgan fingerprint density at radius 1 is 1.40 bits per heavy atom. The van der Waals surface area contributed by atoms with E-state index in [9.17, 15) is 9.59 Å². The highest BCUT2D eigenvalue weighted by Crippen LogP contribution is 2.21. The zero-order chi connectivity index (χ0) is 15.3. The van der Waals surface area contributed by atoms with Gasteiger partial charge in [0.15, 0.2) is 0 Å². The minimum Gasteiger partial charge on any atom is -0.497 e. The molecule has 6 heteroatoms. The van der Waals surface area contributed by atoms with Gasteiger partial charge in [0.1, 0.15) is 12.3 Å². The lowest BCUT2D eigenvalue weighted by atomic mass is 10.1. The predicted molar refractivity (Wildman–Crippen MR) is 75.8 cm³/mol. The number of nitrogens with two attached hydrogens (primary N) is 1. The molecule has 0 aliphatic heterocycles. The van der Waals surface area contributed by atoms with E-state index < -0.39 is 5.97 Å². The number of nitrogen functional groups attached to an aromatic ring is 1. The number of hydrogen-bond donors (Lipinski definition) is 2. The first kappa shape index (κ1) is 15.8. The molecule has 1 rings (SSSR count). The highest BCUT2D eigenvalue weighted by molar-refractivity contribution is 6.00. The van der Waals surface area contributed by atoms with Crippen molar-refractivity contribution >= 4 is 17.6 Å². The van der Waals surface area contributed by atoms with Gasteiger partial charge in [0.2, 0.25) is 0 Å². The summed E-state index contributed by atoms with van der Waals surface area (Å²) in [6.45, 7) is 3.85. The van der Waals surface area contributed by atoms with Gasteiger partial charge in [0, 0.05) is 18.3 Å². The number of carbonyl (C=O) groups excluding carboxylic acids is 1. The van der Waals surface area contributed by atoms with Crippen molar-refractivity contribution in [1.29, 1.82) is 0 Å². The van der Waals surface area contributed by atoms with Gasteiger partial charge in [0.05, 0.1) is 12.7 Å². The molecule has 0 fully saturated rings. The van der Waals surface area contributed by atoms with Crippen LogP contribution in [0.5, 0.6) is 5.75 Å². The smallest absolute Gasteiger partial charge is 0.323 e. The molecule has 0 bridgehead atoms. The van der Waals surface area contributed by atoms with Gasteiger partial charge in [-0.3, -0.25) is 9.59 Å². The Morgan fingerprint density at radius 3 is 2.50 bits per heavy atom. The maximum atomic E-state index is 12.4. The molecule has 20 heavy (non-hydrogen) atoms. The van der Waals surface area contributed by atoms with E-state index in [-0.39, 0.29) is 29.6 Å². The molecular formula is C14H20N2O4. The summed E-state index contributed by atoms with van der Waals surface area (Å²) in [5.74, 6) is -0.724. The number of nitrogens with zero attached hydrogens (tertiary/aromatic N) is 1. The van der Waals surface area contributed by atoms with E-state index in [1.165, 1.54) is 12.0 Å². The lowest BCUT2D eigenvalue weighted by Crippen LogP contribution is -2.38. The van der Waals surface area contributed by atoms with Crippen LogP contribution < -0.4 is 10.5 Å². The van der Waals surface area contributed by atoms with Gasteiger partial charge >= 0.3 is 5.97 Å². The third kappa shape index (κ3) is 4.15. The molecule has 3 N–H and O–H groups in total. The number of amides is 1. The standard InChI is InChI=1S/C14H20N2O4/c1-9(2)7-16(8-13(17)18)14(19)11-5-4-10(20-3)6-12(11)15/h4-6,9H,7-8,15H2,1-3H3,(H,17,18). The molecule has 1 aromatic rings. The minimum atomic E-state index is -1.05. The summed E-state index contributed by atoms with van der Waals surface area (Å²) in [7, 11) is 1.51. The monoisotopic (exact) mass is 280 g/mol. The van der Waals surface area contributed by atoms with Crippen molar-refractivity contribution in [2.24, 2.45) is 5.92 Å². The highest BCUT2D eigenvalue weighted by Gasteiger charge is 2.21. The second-order valence-electron chi connectivity index (χ2n) is 4.93. The van der Waals surface area contributed by atoms with Crippen molar-refractivity contribution in [2.45, 2.75) is 13.8 Å². The van der Waals surface area contributed by atoms with Gasteiger partial charge < -0.3 is 20.5 Å². The number of rotatable bonds is 6. The Kier molecular flexibility index (Phi) is 5.37. The second-order valence-corrected chi connectivity index (χ2v) is 4.93. The van der Waals surface area contributed by atoms with Crippen LogP contribution in [0.4, 0.5) is 5.69 Å². The largest absolute Gasteiger partial charge is 0.497 e. The summed E-state index contributed by atoms with van der Waals surface area (Å²) in [4.78, 5) is 24.5. The molecule has 0 spiro atoms. The van der Waals surface area contributed by atoms with Crippen LogP contribution in [0.3, 0.4) is 0 Å². The quantitative estimate of drug-likeness (QED) is 0.769. The topological polar surface area (TPSA) is 92.9 Å². The molecular weight excluding hydrogens is 260 g/mol. The Hall–Kier alpha value is -2.24. The fourth-order valence-corrected chi connectivity index (χ4v) is 1.86. The van der Waals surface area contributed by atoms with Crippen molar-refractivity contribution in [3.63, 3.8) is 0 Å². The Morgan fingerprint density at radius 2 is 2.05 bits per heavy atom. The van der Waals surface area contributed by atoms with E-state index in [1.54, 1.807) is 18.2 Å². The molecule has 0 atom stereocenters. The number of benzene rings is 1. The fourth-order valence-electron chi connectivity index (χ4n) is 1.86. The molecule has 0 radical (unpaired) electrons. The normalized spacial score (nSPS) is 10.4. The number of aliphatic carboxylic acids is 1. The minimum absolute atomic E-state index is 0.165. The van der Waals surface area contributed by atoms with Crippen LogP contribution in [0.1, 0.15) is 24.2 Å². The van der Waals surface area contributed by atoms with Crippen molar-refractivity contribution in [3.05, 3.63) is 23.8 Å². The zero-order valence-corrected chi connectivity index (χ0v) is 11.9. The maximum absolute atomic E-state index is 12.4. The number of methoxy groups -OCH3 is 1. The number of hydrogen-bond acceptors (Lipinski definition) is 4. The third-order valence-electron chi connectivity index (χ3n) is 2.69. The summed E-state index contributed by atoms with van der Waals surface area (Å²) in [5, 5.41) is 8.90. The molecule has 0 saturated carbocycles. The number of carboxylic acid groups (broad SMARTS) is 1. The SMILES string of the molecule is COc1ccc(C(=O)N(CC(=O)O)CC(C)C)c(N)c1. The molecule has 0 saturated heterocycles. The highest BCUT2D eigenvalue weighted by atomic mass is 16.5. The molecule has 1 amide bonds. The average Bonchev–Trinajstić information content (AvgIpc) is 2.35. The zero-order valence-electron chi connectivity index (χ0n) is 11.9. The van der Waals surface area contributed by atoms with E-state index >= 15 is 0 Å². The predicted octanol–water partition coefficient (Wildman–Crippen LogP) is 1.46. The average molecular weight is 280 g/mol. The van der Waals surface area contributed by atoms with Crippen LogP contribution in [-0.2, 0) is 4.79 Å². The van der Waals surface area contributed by atoms with E-state index in [0.717, 1.165) is 0 Å². The molecule has 1 aromatic carbocycles. The van der Waals surface area contributed by atoms with Gasteiger partial charge in [-0.25, -0.2) is 0 Å². The lowest BCUT2D eigenvalue weighted by molar-refractivity contribution is -0.137. The Bertz CT molecular complexity index is 500. The first-order chi connectivity index (χ1) is 9.35. The van der Waals surface area contributed by atoms with E-state index in [2.05, 4.69) is 0 Å². The van der Waals surface area contributed by atoms with Crippen LogP contribution in [0, 0.1) is 5.92 Å². The van der Waals surface area contributed by atoms with Gasteiger partial charge in [-0.2, -0.15) is 0 Å². The summed E-state index contributed by atoms with van der Waals surface area (Å²) >= 11 is 0. The number of ether oxygens (including phenoxy) is 1. The molecule has 0 aromatic heterocycles. The Balaban J connectivity index is 3.01. The summed E-state index contributed by atoms with van der Waals surface area (Å²) in [5.41, 5.74) is 6.38. The van der Waals surface area contributed by atoms with Gasteiger partial charge in [-0.1, -0.05) is 13.8 Å². The fraction of sp³-hybridized carbons (Fsp3) is 0.429. The maximum Gasteiger partial charge on any atom is 0.323 e. The number of carboxylic acids is 1. The molecule has 110 valence electrons. The summed E-state index contributed by atoms with van der Waals surface area (Å²) in [6.07, 6.45) is 0. The molecule has 0 unspecified atom stereocenters. The first-order valence-electron chi connectivity index (χ1n) is 6.29. The summed E-state index contributed by atoms with van der Waals surface area (Å²) in [6, 6.07) is 4.71.